The highest BCUT2D eigenvalue weighted by Gasteiger charge is 2.59. The number of allylic oxidation sites excluding steroid dienone is 2. The lowest BCUT2D eigenvalue weighted by atomic mass is 9.44. The topological polar surface area (TPSA) is 67.8 Å². The van der Waals surface area contributed by atoms with Gasteiger partial charge in [-0.1, -0.05) is 32.0 Å². The van der Waals surface area contributed by atoms with E-state index in [1.807, 2.05) is 6.21 Å². The van der Waals surface area contributed by atoms with Crippen molar-refractivity contribution in [2.24, 2.45) is 51.3 Å². The highest BCUT2D eigenvalue weighted by molar-refractivity contribution is 5.77. The number of aliphatic hydroxyl groups excluding tert-OH is 1. The Morgan fingerprint density at radius 3 is 2.60 bits per heavy atom. The third-order valence-electron chi connectivity index (χ3n) is 10.0. The van der Waals surface area contributed by atoms with Crippen LogP contribution in [0.25, 0.3) is 0 Å². The van der Waals surface area contributed by atoms with Crippen LogP contribution in [0.4, 0.5) is 0 Å². The zero-order valence-corrected chi connectivity index (χ0v) is 19.5. The van der Waals surface area contributed by atoms with Crippen LogP contribution in [-0.4, -0.2) is 30.6 Å². The van der Waals surface area contributed by atoms with Gasteiger partial charge in [0, 0.05) is 6.54 Å². The van der Waals surface area contributed by atoms with Gasteiger partial charge in [-0.05, 0) is 110 Å². The van der Waals surface area contributed by atoms with Crippen LogP contribution in [0.15, 0.2) is 16.8 Å². The molecule has 0 unspecified atom stereocenters. The minimum Gasteiger partial charge on any atom is -0.394 e. The van der Waals surface area contributed by atoms with Crippen molar-refractivity contribution in [2.75, 3.05) is 13.2 Å². The second-order valence-corrected chi connectivity index (χ2v) is 11.3. The average molecular weight is 417 g/mol. The van der Waals surface area contributed by atoms with Gasteiger partial charge in [0.2, 0.25) is 0 Å². The molecule has 170 valence electrons. The first-order chi connectivity index (χ1) is 14.4. The zero-order chi connectivity index (χ0) is 21.4. The van der Waals surface area contributed by atoms with E-state index in [0.29, 0.717) is 29.9 Å². The van der Waals surface area contributed by atoms with E-state index in [1.54, 1.807) is 0 Å². The monoisotopic (exact) mass is 416 g/mol. The van der Waals surface area contributed by atoms with E-state index < -0.39 is 0 Å². The maximum absolute atomic E-state index is 10.3. The molecule has 4 saturated carbocycles. The first-order valence-corrected chi connectivity index (χ1v) is 12.7. The third-order valence-corrected chi connectivity index (χ3v) is 10.0. The molecule has 0 aromatic rings. The van der Waals surface area contributed by atoms with Crippen LogP contribution in [0.3, 0.4) is 0 Å². The van der Waals surface area contributed by atoms with E-state index in [-0.39, 0.29) is 6.10 Å². The molecule has 4 heteroatoms. The second-order valence-electron chi connectivity index (χ2n) is 11.3. The van der Waals surface area contributed by atoms with Crippen LogP contribution in [0.1, 0.15) is 85.0 Å². The Labute approximate surface area is 183 Å². The largest absolute Gasteiger partial charge is 0.394 e. The summed E-state index contributed by atoms with van der Waals surface area (Å²) in [5, 5.41) is 14.4. The van der Waals surface area contributed by atoms with Gasteiger partial charge >= 0.3 is 0 Å². The van der Waals surface area contributed by atoms with Gasteiger partial charge in [-0.15, -0.1) is 0 Å². The van der Waals surface area contributed by atoms with Gasteiger partial charge in [-0.2, -0.15) is 0 Å². The molecule has 4 nitrogen and oxygen atoms in total. The Morgan fingerprint density at radius 1 is 1.07 bits per heavy atom. The molecule has 0 bridgehead atoms. The SMILES string of the molecule is CCC(/C=N/OCCN)=C\[C@H]1CC[C@H]2[C@@H]3CC[C@@H]4C[C@@H](O)CC[C@]4(C)[C@H]3CC[C@]12C. The molecule has 4 rings (SSSR count). The summed E-state index contributed by atoms with van der Waals surface area (Å²) >= 11 is 0. The molecule has 4 aliphatic rings. The number of hydrogen-bond donors (Lipinski definition) is 2. The molecule has 0 spiro atoms. The standard InChI is InChI=1S/C26H44N2O2/c1-4-18(17-28-30-14-13-27)15-19-6-8-23-22-7-5-20-16-21(29)9-11-25(20,2)24(22)10-12-26(19,23)3/h15,17,19-24,29H,4-14,16,27H2,1-3H3/b18-15+,28-17+/t19-,20-,21+,22+,23+,24+,25+,26-/m1/s1. The lowest BCUT2D eigenvalue weighted by Gasteiger charge is -2.61. The zero-order valence-electron chi connectivity index (χ0n) is 19.5. The lowest BCUT2D eigenvalue weighted by Crippen LogP contribution is -2.53. The van der Waals surface area contributed by atoms with Crippen molar-refractivity contribution < 1.29 is 9.94 Å². The van der Waals surface area contributed by atoms with Crippen molar-refractivity contribution in [3.63, 3.8) is 0 Å². The third kappa shape index (κ3) is 3.88. The summed E-state index contributed by atoms with van der Waals surface area (Å²) in [6, 6.07) is 0. The summed E-state index contributed by atoms with van der Waals surface area (Å²) in [7, 11) is 0. The molecule has 0 amide bonds. The molecule has 0 radical (unpaired) electrons. The lowest BCUT2D eigenvalue weighted by molar-refractivity contribution is -0.124. The molecule has 3 N–H and O–H groups in total. The van der Waals surface area contributed by atoms with Crippen molar-refractivity contribution in [3.8, 4) is 0 Å². The van der Waals surface area contributed by atoms with E-state index >= 15 is 0 Å². The number of rotatable bonds is 6. The van der Waals surface area contributed by atoms with Gasteiger partial charge in [0.25, 0.3) is 0 Å². The summed E-state index contributed by atoms with van der Waals surface area (Å²) in [6.07, 6.45) is 16.9. The number of hydrogen-bond acceptors (Lipinski definition) is 4. The highest BCUT2D eigenvalue weighted by atomic mass is 16.6. The summed E-state index contributed by atoms with van der Waals surface area (Å²) in [6.45, 7) is 8.38. The van der Waals surface area contributed by atoms with Gasteiger partial charge in [0.05, 0.1) is 12.3 Å². The van der Waals surface area contributed by atoms with Crippen LogP contribution >= 0.6 is 0 Å². The molecular weight excluding hydrogens is 372 g/mol. The summed E-state index contributed by atoms with van der Waals surface area (Å²) in [4.78, 5) is 5.24. The van der Waals surface area contributed by atoms with Crippen LogP contribution in [-0.2, 0) is 4.84 Å². The fourth-order valence-electron chi connectivity index (χ4n) is 8.27. The van der Waals surface area contributed by atoms with E-state index in [4.69, 9.17) is 10.6 Å². The first-order valence-electron chi connectivity index (χ1n) is 12.7. The van der Waals surface area contributed by atoms with E-state index in [9.17, 15) is 5.11 Å². The molecule has 8 atom stereocenters. The van der Waals surface area contributed by atoms with E-state index in [1.165, 1.54) is 50.5 Å². The molecule has 0 saturated heterocycles. The molecule has 0 aromatic carbocycles. The van der Waals surface area contributed by atoms with Crippen LogP contribution < -0.4 is 5.73 Å². The molecular formula is C26H44N2O2. The molecule has 0 aromatic heterocycles. The molecule has 0 aliphatic heterocycles. The van der Waals surface area contributed by atoms with Crippen LogP contribution in [0.5, 0.6) is 0 Å². The smallest absolute Gasteiger partial charge is 0.129 e. The van der Waals surface area contributed by atoms with Crippen molar-refractivity contribution in [1.29, 1.82) is 0 Å². The van der Waals surface area contributed by atoms with Gasteiger partial charge in [0.1, 0.15) is 6.61 Å². The fraction of sp³-hybridized carbons (Fsp3) is 0.885. The summed E-state index contributed by atoms with van der Waals surface area (Å²) in [5.41, 5.74) is 7.70. The van der Waals surface area contributed by atoms with Crippen molar-refractivity contribution in [3.05, 3.63) is 11.6 Å². The molecule has 4 aliphatic carbocycles. The highest BCUT2D eigenvalue weighted by Crippen LogP contribution is 2.67. The average Bonchev–Trinajstić information content (AvgIpc) is 3.07. The summed E-state index contributed by atoms with van der Waals surface area (Å²) < 4.78 is 0. The van der Waals surface area contributed by atoms with Gasteiger partial charge in [0.15, 0.2) is 0 Å². The minimum absolute atomic E-state index is 0.0440. The number of nitrogens with zero attached hydrogens (tertiary/aromatic N) is 1. The van der Waals surface area contributed by atoms with E-state index in [0.717, 1.165) is 42.9 Å². The van der Waals surface area contributed by atoms with Gasteiger partial charge < -0.3 is 15.7 Å². The van der Waals surface area contributed by atoms with Crippen molar-refractivity contribution in [1.82, 2.24) is 0 Å². The number of aliphatic hydroxyl groups is 1. The maximum atomic E-state index is 10.3. The predicted molar refractivity (Wildman–Crippen MR) is 123 cm³/mol. The Balaban J connectivity index is 1.50. The van der Waals surface area contributed by atoms with Crippen molar-refractivity contribution in [2.45, 2.75) is 91.1 Å². The van der Waals surface area contributed by atoms with E-state index in [2.05, 4.69) is 32.0 Å². The van der Waals surface area contributed by atoms with Crippen LogP contribution in [0, 0.1) is 40.4 Å². The second kappa shape index (κ2) is 8.94. The summed E-state index contributed by atoms with van der Waals surface area (Å²) in [5.74, 6) is 4.05. The van der Waals surface area contributed by atoms with Gasteiger partial charge in [-0.3, -0.25) is 0 Å². The Hall–Kier alpha value is -0.870. The van der Waals surface area contributed by atoms with Crippen LogP contribution in [0.2, 0.25) is 0 Å². The quantitative estimate of drug-likeness (QED) is 0.350. The number of oxime groups is 1. The number of nitrogens with two attached hydrogens (primary N) is 1. The first kappa shape index (κ1) is 22.3. The minimum atomic E-state index is -0.0440. The Bertz CT molecular complexity index is 661. The normalized spacial score (nSPS) is 46.4. The van der Waals surface area contributed by atoms with Gasteiger partial charge in [-0.25, -0.2) is 0 Å². The predicted octanol–water partition coefficient (Wildman–Crippen LogP) is 5.30. The Kier molecular flexibility index (Phi) is 6.65. The molecule has 4 fully saturated rings. The Morgan fingerprint density at radius 2 is 1.83 bits per heavy atom. The van der Waals surface area contributed by atoms with Crippen molar-refractivity contribution >= 4 is 6.21 Å². The molecule has 0 heterocycles. The molecule has 30 heavy (non-hydrogen) atoms. The fourth-order valence-corrected chi connectivity index (χ4v) is 8.27. The number of fused-ring (bicyclic) bond motifs is 5. The maximum Gasteiger partial charge on any atom is 0.129 e.